The Labute approximate surface area is 128 Å². The fraction of sp³-hybridized carbons (Fsp3) is 0.714. The first-order chi connectivity index (χ1) is 9.56. The van der Waals surface area contributed by atoms with Crippen LogP contribution < -0.4 is 0 Å². The summed E-state index contributed by atoms with van der Waals surface area (Å²) in [6, 6.07) is 0. The zero-order valence-corrected chi connectivity index (χ0v) is 13.9. The quantitative estimate of drug-likeness (QED) is 0.787. The van der Waals surface area contributed by atoms with E-state index in [0.29, 0.717) is 0 Å². The van der Waals surface area contributed by atoms with Crippen LogP contribution in [-0.2, 0) is 22.6 Å². The third-order valence-electron chi connectivity index (χ3n) is 3.87. The van der Waals surface area contributed by atoms with E-state index in [9.17, 15) is 4.79 Å². The number of nitrogens with zero attached hydrogens (tertiary/aromatic N) is 3. The van der Waals surface area contributed by atoms with E-state index in [-0.39, 0.29) is 11.9 Å². The summed E-state index contributed by atoms with van der Waals surface area (Å²) in [6.45, 7) is 7.57. The SMILES string of the molecule is CCn1nc(C)c(Br)c1CN1CCCC(C(=O)OC)C1. The summed E-state index contributed by atoms with van der Waals surface area (Å²) >= 11 is 3.62. The molecule has 0 saturated carbocycles. The fourth-order valence-electron chi connectivity index (χ4n) is 2.79. The second-order valence-electron chi connectivity index (χ2n) is 5.26. The lowest BCUT2D eigenvalue weighted by Gasteiger charge is -2.31. The molecule has 1 fully saturated rings. The van der Waals surface area contributed by atoms with E-state index < -0.39 is 0 Å². The number of carbonyl (C=O) groups excluding carboxylic acids is 1. The first-order valence-corrected chi connectivity index (χ1v) is 7.88. The second-order valence-corrected chi connectivity index (χ2v) is 6.05. The number of halogens is 1. The number of methoxy groups -OCH3 is 1. The van der Waals surface area contributed by atoms with Gasteiger partial charge in [0.05, 0.1) is 28.9 Å². The maximum absolute atomic E-state index is 11.7. The van der Waals surface area contributed by atoms with Gasteiger partial charge in [0, 0.05) is 19.6 Å². The third kappa shape index (κ3) is 3.23. The van der Waals surface area contributed by atoms with Crippen LogP contribution >= 0.6 is 15.9 Å². The summed E-state index contributed by atoms with van der Waals surface area (Å²) in [5, 5.41) is 4.52. The first kappa shape index (κ1) is 15.5. The Morgan fingerprint density at radius 2 is 2.30 bits per heavy atom. The van der Waals surface area contributed by atoms with E-state index in [1.54, 1.807) is 0 Å². The highest BCUT2D eigenvalue weighted by atomic mass is 79.9. The maximum Gasteiger partial charge on any atom is 0.309 e. The third-order valence-corrected chi connectivity index (χ3v) is 4.90. The molecule has 1 aliphatic heterocycles. The van der Waals surface area contributed by atoms with E-state index in [0.717, 1.165) is 49.2 Å². The van der Waals surface area contributed by atoms with Gasteiger partial charge in [0.25, 0.3) is 0 Å². The Hall–Kier alpha value is -0.880. The zero-order chi connectivity index (χ0) is 14.7. The monoisotopic (exact) mass is 343 g/mol. The van der Waals surface area contributed by atoms with Crippen molar-refractivity contribution in [1.29, 1.82) is 0 Å². The van der Waals surface area contributed by atoms with Gasteiger partial charge in [-0.15, -0.1) is 0 Å². The molecule has 1 aromatic heterocycles. The van der Waals surface area contributed by atoms with Crippen LogP contribution in [0.5, 0.6) is 0 Å². The summed E-state index contributed by atoms with van der Waals surface area (Å²) in [5.41, 5.74) is 2.21. The molecule has 2 heterocycles. The lowest BCUT2D eigenvalue weighted by atomic mass is 9.98. The highest BCUT2D eigenvalue weighted by Gasteiger charge is 2.27. The molecule has 6 heteroatoms. The number of aryl methyl sites for hydroxylation is 2. The van der Waals surface area contributed by atoms with Gasteiger partial charge in [-0.3, -0.25) is 14.4 Å². The van der Waals surface area contributed by atoms with Crippen LogP contribution in [0.4, 0.5) is 0 Å². The lowest BCUT2D eigenvalue weighted by Crippen LogP contribution is -2.39. The topological polar surface area (TPSA) is 47.4 Å². The smallest absolute Gasteiger partial charge is 0.309 e. The fourth-order valence-corrected chi connectivity index (χ4v) is 3.20. The summed E-state index contributed by atoms with van der Waals surface area (Å²) in [5.74, 6) is -0.0828. The van der Waals surface area contributed by atoms with Crippen molar-refractivity contribution in [2.75, 3.05) is 20.2 Å². The van der Waals surface area contributed by atoms with Crippen molar-refractivity contribution in [1.82, 2.24) is 14.7 Å². The Kier molecular flexibility index (Phi) is 5.21. The van der Waals surface area contributed by atoms with Crippen LogP contribution in [0.2, 0.25) is 0 Å². The molecule has 5 nitrogen and oxygen atoms in total. The number of ether oxygens (including phenoxy) is 1. The molecule has 1 saturated heterocycles. The minimum absolute atomic E-state index is 0.00613. The molecule has 1 atom stereocenters. The summed E-state index contributed by atoms with van der Waals surface area (Å²) in [4.78, 5) is 14.0. The van der Waals surface area contributed by atoms with Crippen molar-refractivity contribution in [3.8, 4) is 0 Å². The molecular formula is C14H22BrN3O2. The number of rotatable bonds is 4. The number of aromatic nitrogens is 2. The van der Waals surface area contributed by atoms with Gasteiger partial charge in [-0.1, -0.05) is 0 Å². The van der Waals surface area contributed by atoms with Crippen molar-refractivity contribution in [2.45, 2.75) is 39.8 Å². The van der Waals surface area contributed by atoms with Crippen LogP contribution in [-0.4, -0.2) is 40.8 Å². The molecule has 1 unspecified atom stereocenters. The summed E-state index contributed by atoms with van der Waals surface area (Å²) in [7, 11) is 1.47. The van der Waals surface area contributed by atoms with Gasteiger partial charge in [0.2, 0.25) is 0 Å². The van der Waals surface area contributed by atoms with Crippen LogP contribution in [0.15, 0.2) is 4.47 Å². The molecule has 0 spiro atoms. The van der Waals surface area contributed by atoms with Crippen molar-refractivity contribution < 1.29 is 9.53 Å². The highest BCUT2D eigenvalue weighted by Crippen LogP contribution is 2.25. The molecule has 0 aliphatic carbocycles. The number of hydrogen-bond acceptors (Lipinski definition) is 4. The largest absolute Gasteiger partial charge is 0.469 e. The van der Waals surface area contributed by atoms with Crippen molar-refractivity contribution in [3.05, 3.63) is 15.9 Å². The normalized spacial score (nSPS) is 20.1. The summed E-state index contributed by atoms with van der Waals surface area (Å²) in [6.07, 6.45) is 1.97. The lowest BCUT2D eigenvalue weighted by molar-refractivity contribution is -0.147. The molecule has 1 aliphatic rings. The zero-order valence-electron chi connectivity index (χ0n) is 12.4. The predicted octanol–water partition coefficient (Wildman–Crippen LogP) is 2.36. The molecular weight excluding hydrogens is 322 g/mol. The molecule has 20 heavy (non-hydrogen) atoms. The molecule has 2 rings (SSSR count). The van der Waals surface area contributed by atoms with Crippen LogP contribution in [0, 0.1) is 12.8 Å². The van der Waals surface area contributed by atoms with Crippen molar-refractivity contribution in [3.63, 3.8) is 0 Å². The predicted molar refractivity (Wildman–Crippen MR) is 80.4 cm³/mol. The van der Waals surface area contributed by atoms with Gasteiger partial charge in [-0.05, 0) is 49.2 Å². The molecule has 1 aromatic rings. The Morgan fingerprint density at radius 3 is 2.95 bits per heavy atom. The molecule has 0 radical (unpaired) electrons. The van der Waals surface area contributed by atoms with Gasteiger partial charge >= 0.3 is 5.97 Å². The van der Waals surface area contributed by atoms with Crippen molar-refractivity contribution in [2.24, 2.45) is 5.92 Å². The minimum atomic E-state index is -0.0889. The standard InChI is InChI=1S/C14H22BrN3O2/c1-4-18-12(13(15)10(2)16-18)9-17-7-5-6-11(8-17)14(19)20-3/h11H,4-9H2,1-3H3. The average molecular weight is 344 g/mol. The van der Waals surface area contributed by atoms with Crippen LogP contribution in [0.3, 0.4) is 0 Å². The summed E-state index contributed by atoms with van der Waals surface area (Å²) < 4.78 is 7.98. The van der Waals surface area contributed by atoms with Crippen LogP contribution in [0.25, 0.3) is 0 Å². The number of likely N-dealkylation sites (tertiary alicyclic amines) is 1. The number of esters is 1. The van der Waals surface area contributed by atoms with E-state index in [1.807, 2.05) is 11.6 Å². The van der Waals surface area contributed by atoms with Gasteiger partial charge in [0.15, 0.2) is 0 Å². The van der Waals surface area contributed by atoms with Gasteiger partial charge in [-0.25, -0.2) is 0 Å². The van der Waals surface area contributed by atoms with Crippen molar-refractivity contribution >= 4 is 21.9 Å². The molecule has 112 valence electrons. The van der Waals surface area contributed by atoms with Gasteiger partial charge in [-0.2, -0.15) is 5.10 Å². The van der Waals surface area contributed by atoms with E-state index >= 15 is 0 Å². The molecule has 0 bridgehead atoms. The Morgan fingerprint density at radius 1 is 1.55 bits per heavy atom. The highest BCUT2D eigenvalue weighted by molar-refractivity contribution is 9.10. The van der Waals surface area contributed by atoms with Gasteiger partial charge in [0.1, 0.15) is 0 Å². The maximum atomic E-state index is 11.7. The number of carbonyl (C=O) groups is 1. The number of hydrogen-bond donors (Lipinski definition) is 0. The average Bonchev–Trinajstić information content (AvgIpc) is 2.74. The van der Waals surface area contributed by atoms with E-state index in [2.05, 4.69) is 32.9 Å². The molecule has 0 amide bonds. The Bertz CT molecular complexity index is 487. The van der Waals surface area contributed by atoms with E-state index in [4.69, 9.17) is 4.74 Å². The van der Waals surface area contributed by atoms with Gasteiger partial charge < -0.3 is 4.74 Å². The minimum Gasteiger partial charge on any atom is -0.469 e. The van der Waals surface area contributed by atoms with Crippen LogP contribution in [0.1, 0.15) is 31.2 Å². The molecule has 0 N–H and O–H groups in total. The second kappa shape index (κ2) is 6.72. The number of piperidine rings is 1. The molecule has 0 aromatic carbocycles. The Balaban J connectivity index is 2.08. The van der Waals surface area contributed by atoms with E-state index in [1.165, 1.54) is 12.8 Å². The first-order valence-electron chi connectivity index (χ1n) is 7.08.